The lowest BCUT2D eigenvalue weighted by molar-refractivity contribution is -0.143. The summed E-state index contributed by atoms with van der Waals surface area (Å²) in [6.45, 7) is 4.98. The van der Waals surface area contributed by atoms with Crippen LogP contribution in [0.2, 0.25) is 0 Å². The Balaban J connectivity index is 3.24. The predicted octanol–water partition coefficient (Wildman–Crippen LogP) is 23.8. The summed E-state index contributed by atoms with van der Waals surface area (Å²) in [6, 6.07) is -0.533. The first-order chi connectivity index (χ1) is 39.0. The van der Waals surface area contributed by atoms with Gasteiger partial charge < -0.3 is 20.3 Å². The van der Waals surface area contributed by atoms with Crippen LogP contribution in [0.25, 0.3) is 0 Å². The van der Waals surface area contributed by atoms with Crippen molar-refractivity contribution < 1.29 is 24.5 Å². The molecule has 472 valence electrons. The smallest absolute Gasteiger partial charge is 0.305 e. The van der Waals surface area contributed by atoms with Crippen LogP contribution >= 0.6 is 0 Å². The molecule has 6 nitrogen and oxygen atoms in total. The molecule has 3 N–H and O–H groups in total. The summed E-state index contributed by atoms with van der Waals surface area (Å²) < 4.78 is 5.51. The number of aliphatic hydroxyl groups excluding tert-OH is 2. The van der Waals surface area contributed by atoms with Gasteiger partial charge in [-0.1, -0.05) is 393 Å². The van der Waals surface area contributed by atoms with Crippen LogP contribution in [0.1, 0.15) is 431 Å². The summed E-state index contributed by atoms with van der Waals surface area (Å²) >= 11 is 0. The van der Waals surface area contributed by atoms with Gasteiger partial charge >= 0.3 is 5.97 Å². The fourth-order valence-electron chi connectivity index (χ4n) is 12.1. The largest absolute Gasteiger partial charge is 0.466 e. The molecule has 0 saturated carbocycles. The van der Waals surface area contributed by atoms with Gasteiger partial charge in [0.15, 0.2) is 0 Å². The van der Waals surface area contributed by atoms with E-state index in [0.717, 1.165) is 38.5 Å². The molecule has 0 aromatic carbocycles. The Kier molecular flexibility index (Phi) is 68.4. The van der Waals surface area contributed by atoms with Crippen molar-refractivity contribution >= 4 is 11.9 Å². The number of hydrogen-bond donors (Lipinski definition) is 3. The van der Waals surface area contributed by atoms with Crippen molar-refractivity contribution in [3.63, 3.8) is 0 Å². The molecule has 79 heavy (non-hydrogen) atoms. The van der Waals surface area contributed by atoms with Crippen molar-refractivity contribution in [3.05, 3.63) is 0 Å². The van der Waals surface area contributed by atoms with Crippen LogP contribution in [0, 0.1) is 0 Å². The van der Waals surface area contributed by atoms with E-state index in [1.54, 1.807) is 0 Å². The number of carbonyl (C=O) groups excluding carboxylic acids is 2. The highest BCUT2D eigenvalue weighted by Gasteiger charge is 2.20. The molecular formula is C73H145NO5. The standard InChI is InChI=1S/C73H145NO5/c1-3-5-7-9-11-13-14-15-16-41-44-47-51-55-59-63-67-73(78)79-68-64-60-56-52-48-45-42-39-37-35-33-31-29-27-25-23-21-19-17-18-20-22-24-26-28-30-32-34-36-38-40-43-46-50-54-58-62-66-72(77)74-70(69-75)71(76)65-61-57-53-49-12-10-8-6-4-2/h70-71,75-76H,3-69H2,1-2H3,(H,74,77). The Labute approximate surface area is 496 Å². The van der Waals surface area contributed by atoms with Gasteiger partial charge in [0.25, 0.3) is 0 Å². The summed E-state index contributed by atoms with van der Waals surface area (Å²) in [6.07, 6.45) is 84.9. The summed E-state index contributed by atoms with van der Waals surface area (Å²) in [5, 5.41) is 23.2. The summed E-state index contributed by atoms with van der Waals surface area (Å²) in [5.41, 5.74) is 0. The molecule has 1 amide bonds. The van der Waals surface area contributed by atoms with Crippen molar-refractivity contribution in [3.8, 4) is 0 Å². The van der Waals surface area contributed by atoms with Gasteiger partial charge in [0.1, 0.15) is 0 Å². The van der Waals surface area contributed by atoms with Gasteiger partial charge in [-0.2, -0.15) is 0 Å². The number of ether oxygens (including phenoxy) is 1. The molecule has 0 aromatic rings. The van der Waals surface area contributed by atoms with Crippen molar-refractivity contribution in [1.82, 2.24) is 5.32 Å². The molecule has 0 radical (unpaired) electrons. The van der Waals surface area contributed by atoms with E-state index in [-0.39, 0.29) is 18.5 Å². The van der Waals surface area contributed by atoms with Gasteiger partial charge in [0, 0.05) is 12.8 Å². The second-order valence-corrected chi connectivity index (χ2v) is 25.6. The van der Waals surface area contributed by atoms with Gasteiger partial charge in [0.2, 0.25) is 5.91 Å². The normalized spacial score (nSPS) is 12.4. The molecule has 0 aliphatic heterocycles. The second-order valence-electron chi connectivity index (χ2n) is 25.6. The quantitative estimate of drug-likeness (QED) is 0.0417. The number of carbonyl (C=O) groups is 2. The van der Waals surface area contributed by atoms with Crippen molar-refractivity contribution in [2.45, 2.75) is 443 Å². The van der Waals surface area contributed by atoms with E-state index in [2.05, 4.69) is 19.2 Å². The molecule has 0 saturated heterocycles. The minimum absolute atomic E-state index is 0.0279. The molecule has 2 atom stereocenters. The van der Waals surface area contributed by atoms with Gasteiger partial charge in [-0.25, -0.2) is 0 Å². The van der Waals surface area contributed by atoms with Crippen molar-refractivity contribution in [2.24, 2.45) is 0 Å². The monoisotopic (exact) mass is 1120 g/mol. The highest BCUT2D eigenvalue weighted by molar-refractivity contribution is 5.76. The fraction of sp³-hybridized carbons (Fsp3) is 0.973. The highest BCUT2D eigenvalue weighted by atomic mass is 16.5. The zero-order valence-corrected chi connectivity index (χ0v) is 54.2. The number of esters is 1. The van der Waals surface area contributed by atoms with Crippen molar-refractivity contribution in [1.29, 1.82) is 0 Å². The van der Waals surface area contributed by atoms with E-state index < -0.39 is 12.1 Å². The highest BCUT2D eigenvalue weighted by Crippen LogP contribution is 2.20. The van der Waals surface area contributed by atoms with Crippen LogP contribution in [0.15, 0.2) is 0 Å². The van der Waals surface area contributed by atoms with E-state index in [4.69, 9.17) is 4.74 Å². The second kappa shape index (κ2) is 69.4. The molecule has 0 rings (SSSR count). The van der Waals surface area contributed by atoms with E-state index in [9.17, 15) is 19.8 Å². The molecule has 6 heteroatoms. The third-order valence-corrected chi connectivity index (χ3v) is 17.7. The predicted molar refractivity (Wildman–Crippen MR) is 347 cm³/mol. The van der Waals surface area contributed by atoms with E-state index in [0.29, 0.717) is 25.9 Å². The third-order valence-electron chi connectivity index (χ3n) is 17.7. The Hall–Kier alpha value is -1.14. The Morgan fingerprint density at radius 1 is 0.304 bits per heavy atom. The fourth-order valence-corrected chi connectivity index (χ4v) is 12.1. The van der Waals surface area contributed by atoms with Gasteiger partial charge in [-0.3, -0.25) is 9.59 Å². The number of rotatable bonds is 70. The zero-order chi connectivity index (χ0) is 57.1. The van der Waals surface area contributed by atoms with Crippen LogP contribution in [0.4, 0.5) is 0 Å². The van der Waals surface area contributed by atoms with Gasteiger partial charge in [-0.05, 0) is 25.7 Å². The van der Waals surface area contributed by atoms with Gasteiger partial charge in [0.05, 0.1) is 25.4 Å². The summed E-state index contributed by atoms with van der Waals surface area (Å²) in [5.74, 6) is -0.00113. The van der Waals surface area contributed by atoms with E-state index in [1.807, 2.05) is 0 Å². The molecule has 0 aromatic heterocycles. The lowest BCUT2D eigenvalue weighted by atomic mass is 10.0. The molecule has 0 aliphatic rings. The number of hydrogen-bond acceptors (Lipinski definition) is 5. The van der Waals surface area contributed by atoms with Crippen LogP contribution in [0.5, 0.6) is 0 Å². The Bertz CT molecular complexity index is 1150. The average Bonchev–Trinajstić information content (AvgIpc) is 3.45. The minimum atomic E-state index is -0.656. The summed E-state index contributed by atoms with van der Waals surface area (Å²) in [7, 11) is 0. The first-order valence-corrected chi connectivity index (χ1v) is 36.8. The molecule has 2 unspecified atom stereocenters. The number of nitrogens with one attached hydrogen (secondary N) is 1. The molecule has 0 bridgehead atoms. The molecule has 0 spiro atoms. The lowest BCUT2D eigenvalue weighted by Crippen LogP contribution is -2.45. The van der Waals surface area contributed by atoms with Crippen LogP contribution < -0.4 is 5.32 Å². The summed E-state index contributed by atoms with van der Waals surface area (Å²) in [4.78, 5) is 24.5. The number of unbranched alkanes of at least 4 members (excludes halogenated alkanes) is 59. The molecule has 0 fully saturated rings. The Morgan fingerprint density at radius 3 is 0.772 bits per heavy atom. The molecule has 0 aliphatic carbocycles. The van der Waals surface area contributed by atoms with E-state index in [1.165, 1.54) is 360 Å². The molecule has 0 heterocycles. The number of aliphatic hydroxyl groups is 2. The lowest BCUT2D eigenvalue weighted by Gasteiger charge is -2.22. The maximum atomic E-state index is 12.4. The van der Waals surface area contributed by atoms with Crippen LogP contribution in [-0.2, 0) is 14.3 Å². The zero-order valence-electron chi connectivity index (χ0n) is 54.2. The van der Waals surface area contributed by atoms with E-state index >= 15 is 0 Å². The van der Waals surface area contributed by atoms with Gasteiger partial charge in [-0.15, -0.1) is 0 Å². The SMILES string of the molecule is CCCCCCCCCCCCCCCCCCC(=O)OCCCCCCCCCCCCCCCCCCCCCCCCCCCCCCCCCCCCCCCC(=O)NC(CO)C(O)CCCCCCCCCCC. The average molecular weight is 1120 g/mol. The maximum Gasteiger partial charge on any atom is 0.305 e. The van der Waals surface area contributed by atoms with Crippen LogP contribution in [-0.4, -0.2) is 47.4 Å². The topological polar surface area (TPSA) is 95.9 Å². The Morgan fingerprint density at radius 2 is 0.519 bits per heavy atom. The first kappa shape index (κ1) is 77.9. The first-order valence-electron chi connectivity index (χ1n) is 36.8. The van der Waals surface area contributed by atoms with Crippen molar-refractivity contribution in [2.75, 3.05) is 13.2 Å². The van der Waals surface area contributed by atoms with Crippen LogP contribution in [0.3, 0.4) is 0 Å². The third kappa shape index (κ3) is 65.9. The molecular weight excluding hydrogens is 971 g/mol. The minimum Gasteiger partial charge on any atom is -0.466 e. The number of amides is 1. The maximum absolute atomic E-state index is 12.4.